The molecular formula is C74H94N2O6. The number of aryl methyl sites for hydroxylation is 4. The van der Waals surface area contributed by atoms with Crippen molar-refractivity contribution in [1.29, 1.82) is 0 Å². The molecule has 2 heterocycles. The minimum absolute atomic E-state index is 0.386. The lowest BCUT2D eigenvalue weighted by Crippen LogP contribution is -2.48. The van der Waals surface area contributed by atoms with Crippen molar-refractivity contribution in [2.75, 3.05) is 0 Å². The molecule has 6 rings (SSSR count). The number of carbonyl (C=O) groups is 2. The van der Waals surface area contributed by atoms with Gasteiger partial charge in [0.1, 0.15) is 11.5 Å². The number of benzene rings is 4. The summed E-state index contributed by atoms with van der Waals surface area (Å²) in [7, 11) is 0. The second kappa shape index (κ2) is 30.5. The fourth-order valence-corrected chi connectivity index (χ4v) is 12.0. The van der Waals surface area contributed by atoms with E-state index in [0.717, 1.165) is 146 Å². The third-order valence-corrected chi connectivity index (χ3v) is 17.0. The fourth-order valence-electron chi connectivity index (χ4n) is 12.0. The number of ether oxygens (including phenoxy) is 2. The molecule has 2 saturated heterocycles. The SMILES string of the molecule is CCCCCCc1cc(C#Cc2ccc(OC(=O)C3CC(C)(C)N([O])C3(C)C)cc2)c(CCCCCC)cc1C#CC#Cc1cc(CCCCCC)c(C#Cc2ccc(OC(=O)C3CC(C)(C)N([O])C3(C)C)cc2)cc1CCCCCC. The molecule has 2 fully saturated rings. The molecule has 2 aliphatic heterocycles. The first-order valence-electron chi connectivity index (χ1n) is 31.1. The molecule has 2 atom stereocenters. The second-order valence-electron chi connectivity index (χ2n) is 25.5. The molecule has 8 nitrogen and oxygen atoms in total. The van der Waals surface area contributed by atoms with Gasteiger partial charge in [-0.3, -0.25) is 9.59 Å². The first kappa shape index (κ1) is 65.1. The Morgan fingerprint density at radius 1 is 0.415 bits per heavy atom. The molecule has 0 aromatic heterocycles. The second-order valence-corrected chi connectivity index (χ2v) is 25.5. The van der Waals surface area contributed by atoms with Crippen molar-refractivity contribution >= 4 is 11.9 Å². The third kappa shape index (κ3) is 17.7. The summed E-state index contributed by atoms with van der Waals surface area (Å²) in [6, 6.07) is 23.8. The van der Waals surface area contributed by atoms with Gasteiger partial charge < -0.3 is 9.47 Å². The van der Waals surface area contributed by atoms with Crippen LogP contribution in [0.1, 0.15) is 254 Å². The number of esters is 2. The largest absolute Gasteiger partial charge is 0.426 e. The van der Waals surface area contributed by atoms with E-state index in [-0.39, 0.29) is 11.9 Å². The van der Waals surface area contributed by atoms with Crippen LogP contribution >= 0.6 is 0 Å². The van der Waals surface area contributed by atoms with Crippen LogP contribution in [0.4, 0.5) is 0 Å². The van der Waals surface area contributed by atoms with Crippen LogP contribution in [0.25, 0.3) is 0 Å². The van der Waals surface area contributed by atoms with Crippen LogP contribution in [0.2, 0.25) is 0 Å². The molecule has 4 aromatic rings. The molecule has 0 N–H and O–H groups in total. The molecule has 0 aliphatic carbocycles. The smallest absolute Gasteiger partial charge is 0.316 e. The van der Waals surface area contributed by atoms with E-state index in [1.54, 1.807) is 24.3 Å². The van der Waals surface area contributed by atoms with E-state index in [1.165, 1.54) is 47.9 Å². The monoisotopic (exact) mass is 1110 g/mol. The maximum Gasteiger partial charge on any atom is 0.316 e. The van der Waals surface area contributed by atoms with E-state index in [0.29, 0.717) is 24.3 Å². The van der Waals surface area contributed by atoms with Gasteiger partial charge >= 0.3 is 11.9 Å². The van der Waals surface area contributed by atoms with Crippen LogP contribution in [-0.4, -0.2) is 44.2 Å². The standard InChI is InChI=1S/C74H94N2O6/c1-13-17-21-25-31-57-51-63(43-37-55-39-45-65(46-40-55)81-69(77)67-53-71(5,6)75(79)73(67,9)10)61(33-27-23-19-15-3)49-59(57)35-29-30-36-60-50-62(34-28-24-20-16-4)64(52-58(60)32-26-22-18-14-2)44-38-56-41-47-66(48-42-56)82-70(78)68-54-72(7,8)76(80)74(68,11)12/h39-42,45-52,67-68H,13-28,31-34,53-54H2,1-12H3. The molecule has 4 aromatic carbocycles. The van der Waals surface area contributed by atoms with E-state index < -0.39 is 34.0 Å². The zero-order chi connectivity index (χ0) is 59.5. The Labute approximate surface area is 494 Å². The Bertz CT molecular complexity index is 2840. The first-order valence-corrected chi connectivity index (χ1v) is 31.1. The van der Waals surface area contributed by atoms with E-state index in [1.807, 2.05) is 79.7 Å². The topological polar surface area (TPSA) is 98.9 Å². The molecular weight excluding hydrogens is 1010 g/mol. The molecule has 82 heavy (non-hydrogen) atoms. The van der Waals surface area contributed by atoms with Crippen LogP contribution in [-0.2, 0) is 45.7 Å². The Morgan fingerprint density at radius 2 is 0.695 bits per heavy atom. The lowest BCUT2D eigenvalue weighted by molar-refractivity contribution is -0.248. The normalized spacial score (nSPS) is 17.5. The van der Waals surface area contributed by atoms with Gasteiger partial charge in [0.15, 0.2) is 0 Å². The number of hydroxylamine groups is 4. The molecule has 2 unspecified atom stereocenters. The predicted octanol–water partition coefficient (Wildman–Crippen LogP) is 16.6. The van der Waals surface area contributed by atoms with Gasteiger partial charge in [0.05, 0.1) is 22.9 Å². The number of hydrogen-bond donors (Lipinski definition) is 0. The highest BCUT2D eigenvalue weighted by Crippen LogP contribution is 2.46. The van der Waals surface area contributed by atoms with Crippen LogP contribution in [0.5, 0.6) is 11.5 Å². The van der Waals surface area contributed by atoms with Crippen LogP contribution < -0.4 is 9.47 Å². The maximum absolute atomic E-state index is 13.4. The summed E-state index contributed by atoms with van der Waals surface area (Å²) in [4.78, 5) is 26.7. The molecule has 2 radical (unpaired) electrons. The van der Waals surface area contributed by atoms with Gasteiger partial charge in [0, 0.05) is 44.5 Å². The van der Waals surface area contributed by atoms with Crippen molar-refractivity contribution in [2.45, 2.75) is 246 Å². The molecule has 0 bridgehead atoms. The van der Waals surface area contributed by atoms with E-state index >= 15 is 0 Å². The van der Waals surface area contributed by atoms with Gasteiger partial charge in [-0.25, -0.2) is 0 Å². The van der Waals surface area contributed by atoms with Crippen molar-refractivity contribution in [3.05, 3.63) is 128 Å². The lowest BCUT2D eigenvalue weighted by Gasteiger charge is -2.32. The highest BCUT2D eigenvalue weighted by molar-refractivity contribution is 5.78. The predicted molar refractivity (Wildman–Crippen MR) is 332 cm³/mol. The molecule has 0 amide bonds. The lowest BCUT2D eigenvalue weighted by atomic mass is 9.87. The summed E-state index contributed by atoms with van der Waals surface area (Å²) in [5.41, 5.74) is 7.51. The molecule has 436 valence electrons. The van der Waals surface area contributed by atoms with Crippen LogP contribution in [0, 0.1) is 59.2 Å². The molecule has 8 heteroatoms. The summed E-state index contributed by atoms with van der Waals surface area (Å²) < 4.78 is 11.7. The third-order valence-electron chi connectivity index (χ3n) is 17.0. The van der Waals surface area contributed by atoms with Crippen molar-refractivity contribution < 1.29 is 29.5 Å². The Morgan fingerprint density at radius 3 is 0.951 bits per heavy atom. The molecule has 0 saturated carbocycles. The Kier molecular flexibility index (Phi) is 24.2. The summed E-state index contributed by atoms with van der Waals surface area (Å²) in [6.45, 7) is 23.7. The van der Waals surface area contributed by atoms with Gasteiger partial charge in [0.2, 0.25) is 0 Å². The van der Waals surface area contributed by atoms with Gasteiger partial charge in [-0.15, -0.1) is 20.5 Å². The highest BCUT2D eigenvalue weighted by Gasteiger charge is 2.57. The minimum Gasteiger partial charge on any atom is -0.426 e. The van der Waals surface area contributed by atoms with Crippen LogP contribution in [0.3, 0.4) is 0 Å². The van der Waals surface area contributed by atoms with Crippen molar-refractivity contribution in [3.8, 4) is 58.9 Å². The van der Waals surface area contributed by atoms with Gasteiger partial charge in [-0.1, -0.05) is 140 Å². The number of carbonyl (C=O) groups excluding carboxylic acids is 2. The number of nitrogens with zero attached hydrogens (tertiary/aromatic N) is 2. The van der Waals surface area contributed by atoms with Gasteiger partial charge in [-0.2, -0.15) is 0 Å². The van der Waals surface area contributed by atoms with Crippen molar-refractivity contribution in [1.82, 2.24) is 10.1 Å². The summed E-state index contributed by atoms with van der Waals surface area (Å²) in [5, 5.41) is 28.0. The zero-order valence-electron chi connectivity index (χ0n) is 52.0. The average Bonchev–Trinajstić information content (AvgIpc) is 3.89. The summed E-state index contributed by atoms with van der Waals surface area (Å²) in [5.74, 6) is 26.8. The van der Waals surface area contributed by atoms with E-state index in [9.17, 15) is 20.0 Å². The fraction of sp³-hybridized carbons (Fsp3) is 0.541. The minimum atomic E-state index is -0.860. The number of rotatable bonds is 24. The van der Waals surface area contributed by atoms with E-state index in [4.69, 9.17) is 9.47 Å². The first-order chi connectivity index (χ1) is 39.1. The number of unbranched alkanes of at least 4 members (excludes halogenated alkanes) is 12. The summed E-state index contributed by atoms with van der Waals surface area (Å²) >= 11 is 0. The molecule has 0 spiro atoms. The number of hydrogen-bond acceptors (Lipinski definition) is 6. The van der Waals surface area contributed by atoms with Gasteiger partial charge in [-0.05, 0) is 226 Å². The highest BCUT2D eigenvalue weighted by atomic mass is 16.5. The van der Waals surface area contributed by atoms with Crippen molar-refractivity contribution in [3.63, 3.8) is 0 Å². The van der Waals surface area contributed by atoms with Crippen molar-refractivity contribution in [2.24, 2.45) is 11.8 Å². The average molecular weight is 1110 g/mol. The van der Waals surface area contributed by atoms with E-state index in [2.05, 4.69) is 99.3 Å². The Hall–Kier alpha value is -6.10. The summed E-state index contributed by atoms with van der Waals surface area (Å²) in [6.07, 6.45) is 22.8. The Balaban J connectivity index is 1.30. The maximum atomic E-state index is 13.4. The van der Waals surface area contributed by atoms with Gasteiger partial charge in [0.25, 0.3) is 0 Å². The molecule has 2 aliphatic rings. The zero-order valence-corrected chi connectivity index (χ0v) is 52.0. The van der Waals surface area contributed by atoms with Crippen LogP contribution in [0.15, 0.2) is 72.8 Å². The quantitative estimate of drug-likeness (QED) is 0.0300.